The number of fused-ring (bicyclic) bond motifs is 8. The van der Waals surface area contributed by atoms with Gasteiger partial charge in [0, 0.05) is 63.3 Å². The second-order valence-electron chi connectivity index (χ2n) is 13.4. The van der Waals surface area contributed by atoms with E-state index >= 15 is 0 Å². The standard InChI is InChI=1S/C48H28N4S2/c1-2-12-30(13-3-1)45-50-46(52-47(51-45)33-15-10-14-32(28-33)34-20-11-21-38-35-16-6-8-22-40(35)53-44(34)38)31-26-24-29(25-27-31)43-37-18-5-4-17-36(37)42-39-19-7-9-23-41(39)54-48(42)49-43/h1-28H. The molecule has 6 heteroatoms. The molecular weight excluding hydrogens is 697 g/mol. The first-order chi connectivity index (χ1) is 26.7. The van der Waals surface area contributed by atoms with E-state index in [9.17, 15) is 0 Å². The Bertz CT molecular complexity index is 3220. The van der Waals surface area contributed by atoms with Crippen LogP contribution in [-0.4, -0.2) is 19.9 Å². The molecule has 0 aliphatic heterocycles. The molecule has 0 N–H and O–H groups in total. The molecule has 252 valence electrons. The highest BCUT2D eigenvalue weighted by atomic mass is 32.1. The predicted octanol–water partition coefficient (Wildman–Crippen LogP) is 13.5. The van der Waals surface area contributed by atoms with Crippen LogP contribution in [0.25, 0.3) is 108 Å². The topological polar surface area (TPSA) is 51.6 Å². The van der Waals surface area contributed by atoms with E-state index in [1.807, 2.05) is 41.7 Å². The van der Waals surface area contributed by atoms with E-state index < -0.39 is 0 Å². The van der Waals surface area contributed by atoms with E-state index in [1.54, 1.807) is 11.3 Å². The molecule has 0 radical (unpaired) electrons. The van der Waals surface area contributed by atoms with Gasteiger partial charge in [-0.25, -0.2) is 19.9 Å². The Hall–Kier alpha value is -6.60. The van der Waals surface area contributed by atoms with Crippen LogP contribution >= 0.6 is 22.7 Å². The highest BCUT2D eigenvalue weighted by Gasteiger charge is 2.17. The zero-order valence-electron chi connectivity index (χ0n) is 28.8. The van der Waals surface area contributed by atoms with E-state index in [1.165, 1.54) is 46.6 Å². The van der Waals surface area contributed by atoms with Crippen LogP contribution in [0.4, 0.5) is 0 Å². The summed E-state index contributed by atoms with van der Waals surface area (Å²) in [5, 5.41) is 7.41. The van der Waals surface area contributed by atoms with Gasteiger partial charge in [-0.3, -0.25) is 0 Å². The summed E-state index contributed by atoms with van der Waals surface area (Å²) in [5.74, 6) is 1.90. The Labute approximate surface area is 318 Å². The van der Waals surface area contributed by atoms with Gasteiger partial charge in [0.25, 0.3) is 0 Å². The Balaban J connectivity index is 1.03. The molecule has 0 aliphatic rings. The van der Waals surface area contributed by atoms with Crippen molar-refractivity contribution in [1.82, 2.24) is 19.9 Å². The maximum atomic E-state index is 5.26. The van der Waals surface area contributed by atoms with E-state index in [-0.39, 0.29) is 0 Å². The molecule has 4 heterocycles. The maximum absolute atomic E-state index is 5.26. The predicted molar refractivity (Wildman–Crippen MR) is 228 cm³/mol. The molecule has 11 rings (SSSR count). The summed E-state index contributed by atoms with van der Waals surface area (Å²) >= 11 is 3.59. The molecule has 0 saturated carbocycles. The van der Waals surface area contributed by atoms with Crippen molar-refractivity contribution in [3.05, 3.63) is 170 Å². The van der Waals surface area contributed by atoms with Gasteiger partial charge in [0.15, 0.2) is 17.5 Å². The number of hydrogen-bond donors (Lipinski definition) is 0. The molecule has 4 nitrogen and oxygen atoms in total. The summed E-state index contributed by atoms with van der Waals surface area (Å²) < 4.78 is 3.83. The smallest absolute Gasteiger partial charge is 0.164 e. The molecule has 0 saturated heterocycles. The zero-order valence-corrected chi connectivity index (χ0v) is 30.4. The van der Waals surface area contributed by atoms with E-state index in [4.69, 9.17) is 19.9 Å². The number of rotatable bonds is 5. The van der Waals surface area contributed by atoms with Crippen LogP contribution in [-0.2, 0) is 0 Å². The van der Waals surface area contributed by atoms with Gasteiger partial charge in [-0.15, -0.1) is 22.7 Å². The summed E-state index contributed by atoms with van der Waals surface area (Å²) in [7, 11) is 0. The number of hydrogen-bond acceptors (Lipinski definition) is 6. The maximum Gasteiger partial charge on any atom is 0.164 e. The van der Waals surface area contributed by atoms with E-state index in [0.717, 1.165) is 43.7 Å². The quantitative estimate of drug-likeness (QED) is 0.177. The fraction of sp³-hybridized carbons (Fsp3) is 0. The van der Waals surface area contributed by atoms with Gasteiger partial charge in [0.1, 0.15) is 4.83 Å². The molecule has 0 unspecified atom stereocenters. The third kappa shape index (κ3) is 5.11. The minimum atomic E-state index is 0.625. The average Bonchev–Trinajstić information content (AvgIpc) is 3.82. The third-order valence-electron chi connectivity index (χ3n) is 10.2. The van der Waals surface area contributed by atoms with Gasteiger partial charge in [0.05, 0.1) is 5.69 Å². The van der Waals surface area contributed by atoms with Crippen molar-refractivity contribution < 1.29 is 0 Å². The van der Waals surface area contributed by atoms with Crippen molar-refractivity contribution in [3.8, 4) is 56.5 Å². The molecular formula is C48H28N4S2. The lowest BCUT2D eigenvalue weighted by molar-refractivity contribution is 1.07. The summed E-state index contributed by atoms with van der Waals surface area (Å²) in [6.45, 7) is 0. The van der Waals surface area contributed by atoms with Crippen LogP contribution in [0.15, 0.2) is 170 Å². The zero-order chi connectivity index (χ0) is 35.6. The van der Waals surface area contributed by atoms with Crippen LogP contribution in [0, 0.1) is 0 Å². The molecule has 0 atom stereocenters. The van der Waals surface area contributed by atoms with Crippen LogP contribution in [0.5, 0.6) is 0 Å². The number of benzene rings is 7. The molecule has 0 bridgehead atoms. The number of aromatic nitrogens is 4. The van der Waals surface area contributed by atoms with Crippen molar-refractivity contribution in [2.24, 2.45) is 0 Å². The van der Waals surface area contributed by atoms with Crippen molar-refractivity contribution in [1.29, 1.82) is 0 Å². The minimum absolute atomic E-state index is 0.625. The van der Waals surface area contributed by atoms with Crippen molar-refractivity contribution in [2.45, 2.75) is 0 Å². The lowest BCUT2D eigenvalue weighted by Crippen LogP contribution is -2.00. The molecule has 0 spiro atoms. The SMILES string of the molecule is c1ccc(-c2nc(-c3ccc(-c4nc5sc6ccccc6c5c5ccccc45)cc3)nc(-c3cccc(-c4cccc5c4sc4ccccc45)c3)n2)cc1. The highest BCUT2D eigenvalue weighted by molar-refractivity contribution is 7.26. The van der Waals surface area contributed by atoms with E-state index in [2.05, 4.69) is 140 Å². The Morgan fingerprint density at radius 1 is 0.333 bits per heavy atom. The summed E-state index contributed by atoms with van der Waals surface area (Å²) in [6, 6.07) is 59.6. The third-order valence-corrected chi connectivity index (χ3v) is 12.4. The largest absolute Gasteiger partial charge is 0.236 e. The molecule has 0 amide bonds. The lowest BCUT2D eigenvalue weighted by atomic mass is 9.99. The average molecular weight is 725 g/mol. The van der Waals surface area contributed by atoms with Crippen LogP contribution in [0.1, 0.15) is 0 Å². The Morgan fingerprint density at radius 3 is 1.65 bits per heavy atom. The van der Waals surface area contributed by atoms with Gasteiger partial charge in [-0.05, 0) is 34.7 Å². The van der Waals surface area contributed by atoms with Crippen LogP contribution in [0.3, 0.4) is 0 Å². The summed E-state index contributed by atoms with van der Waals surface area (Å²) in [4.78, 5) is 21.5. The van der Waals surface area contributed by atoms with Crippen LogP contribution < -0.4 is 0 Å². The fourth-order valence-electron chi connectivity index (χ4n) is 7.59. The van der Waals surface area contributed by atoms with Crippen molar-refractivity contribution in [2.75, 3.05) is 0 Å². The highest BCUT2D eigenvalue weighted by Crippen LogP contribution is 2.42. The van der Waals surface area contributed by atoms with Gasteiger partial charge in [-0.1, -0.05) is 152 Å². The second-order valence-corrected chi connectivity index (χ2v) is 15.5. The second kappa shape index (κ2) is 12.5. The first-order valence-electron chi connectivity index (χ1n) is 17.9. The fourth-order valence-corrected chi connectivity index (χ4v) is 9.92. The number of nitrogens with zero attached hydrogens (tertiary/aromatic N) is 4. The Morgan fingerprint density at radius 2 is 0.870 bits per heavy atom. The summed E-state index contributed by atoms with van der Waals surface area (Å²) in [6.07, 6.45) is 0. The van der Waals surface area contributed by atoms with Gasteiger partial charge in [-0.2, -0.15) is 0 Å². The molecule has 7 aromatic carbocycles. The van der Waals surface area contributed by atoms with Gasteiger partial charge >= 0.3 is 0 Å². The van der Waals surface area contributed by atoms with E-state index in [0.29, 0.717) is 17.5 Å². The van der Waals surface area contributed by atoms with Crippen molar-refractivity contribution in [3.63, 3.8) is 0 Å². The molecule has 54 heavy (non-hydrogen) atoms. The molecule has 11 aromatic rings. The monoisotopic (exact) mass is 724 g/mol. The van der Waals surface area contributed by atoms with Gasteiger partial charge in [0.2, 0.25) is 0 Å². The lowest BCUT2D eigenvalue weighted by Gasteiger charge is -2.11. The summed E-state index contributed by atoms with van der Waals surface area (Å²) in [5.41, 5.74) is 7.16. The normalized spacial score (nSPS) is 11.7. The first-order valence-corrected chi connectivity index (χ1v) is 19.5. The molecule has 4 aromatic heterocycles. The van der Waals surface area contributed by atoms with Crippen molar-refractivity contribution >= 4 is 73.9 Å². The Kier molecular flexibility index (Phi) is 7.18. The first kappa shape index (κ1) is 31.0. The molecule has 0 fully saturated rings. The van der Waals surface area contributed by atoms with Gasteiger partial charge < -0.3 is 0 Å². The minimum Gasteiger partial charge on any atom is -0.236 e. The number of pyridine rings is 1. The number of thiophene rings is 2. The van der Waals surface area contributed by atoms with Crippen LogP contribution in [0.2, 0.25) is 0 Å². The molecule has 0 aliphatic carbocycles.